The Hall–Kier alpha value is -1.81. The van der Waals surface area contributed by atoms with Gasteiger partial charge in [-0.05, 0) is 23.8 Å². The number of hydrogen-bond donors (Lipinski definition) is 1. The van der Waals surface area contributed by atoms with Crippen LogP contribution in [0.15, 0.2) is 36.7 Å². The van der Waals surface area contributed by atoms with Gasteiger partial charge in [-0.3, -0.25) is 4.68 Å². The zero-order valence-corrected chi connectivity index (χ0v) is 9.13. The summed E-state index contributed by atoms with van der Waals surface area (Å²) in [7, 11) is 1.64. The normalized spacial score (nSPS) is 10.4. The third-order valence-corrected chi connectivity index (χ3v) is 2.42. The van der Waals surface area contributed by atoms with Crippen LogP contribution in [0.5, 0.6) is 5.75 Å². The zero-order valence-electron chi connectivity index (χ0n) is 9.13. The second-order valence-corrected chi connectivity index (χ2v) is 3.51. The van der Waals surface area contributed by atoms with Gasteiger partial charge in [-0.15, -0.1) is 0 Å². The highest BCUT2D eigenvalue weighted by Crippen LogP contribution is 2.20. The molecule has 16 heavy (non-hydrogen) atoms. The van der Waals surface area contributed by atoms with E-state index in [1.165, 1.54) is 0 Å². The van der Waals surface area contributed by atoms with Crippen LogP contribution in [0.1, 0.15) is 11.1 Å². The largest absolute Gasteiger partial charge is 0.496 e. The van der Waals surface area contributed by atoms with Crippen LogP contribution in [-0.4, -0.2) is 22.0 Å². The highest BCUT2D eigenvalue weighted by molar-refractivity contribution is 5.37. The molecule has 1 aromatic heterocycles. The van der Waals surface area contributed by atoms with Crippen molar-refractivity contribution in [2.24, 2.45) is 0 Å². The Kier molecular flexibility index (Phi) is 3.22. The lowest BCUT2D eigenvalue weighted by Gasteiger charge is -2.10. The maximum atomic E-state index is 9.09. The first kappa shape index (κ1) is 10.7. The molecule has 0 aliphatic rings. The lowest BCUT2D eigenvalue weighted by atomic mass is 10.1. The van der Waals surface area contributed by atoms with Crippen LogP contribution < -0.4 is 4.74 Å². The maximum Gasteiger partial charge on any atom is 0.123 e. The van der Waals surface area contributed by atoms with Crippen molar-refractivity contribution in [1.82, 2.24) is 9.78 Å². The lowest BCUT2D eigenvalue weighted by Crippen LogP contribution is -2.03. The van der Waals surface area contributed by atoms with Gasteiger partial charge in [-0.1, -0.05) is 6.07 Å². The monoisotopic (exact) mass is 218 g/mol. The van der Waals surface area contributed by atoms with Gasteiger partial charge in [-0.2, -0.15) is 5.10 Å². The van der Waals surface area contributed by atoms with Gasteiger partial charge >= 0.3 is 0 Å². The Labute approximate surface area is 94.1 Å². The van der Waals surface area contributed by atoms with Crippen LogP contribution in [0.2, 0.25) is 0 Å². The van der Waals surface area contributed by atoms with Crippen molar-refractivity contribution in [2.45, 2.75) is 13.2 Å². The molecule has 0 aliphatic carbocycles. The summed E-state index contributed by atoms with van der Waals surface area (Å²) in [6, 6.07) is 7.53. The standard InChI is InChI=1S/C12H14N2O2/c1-16-12-4-3-10(9-15)7-11(12)8-14-6-2-5-13-14/h2-7,15H,8-9H2,1H3. The molecule has 0 bridgehead atoms. The number of aliphatic hydroxyl groups is 1. The molecule has 0 fully saturated rings. The van der Waals surface area contributed by atoms with Crippen molar-refractivity contribution in [3.63, 3.8) is 0 Å². The second-order valence-electron chi connectivity index (χ2n) is 3.51. The highest BCUT2D eigenvalue weighted by Gasteiger charge is 2.05. The summed E-state index contributed by atoms with van der Waals surface area (Å²) in [6.45, 7) is 0.681. The molecule has 2 aromatic rings. The van der Waals surface area contributed by atoms with Gasteiger partial charge < -0.3 is 9.84 Å². The molecule has 0 atom stereocenters. The summed E-state index contributed by atoms with van der Waals surface area (Å²) in [5, 5.41) is 13.2. The minimum Gasteiger partial charge on any atom is -0.496 e. The van der Waals surface area contributed by atoms with E-state index < -0.39 is 0 Å². The van der Waals surface area contributed by atoms with Crippen molar-refractivity contribution in [2.75, 3.05) is 7.11 Å². The van der Waals surface area contributed by atoms with Crippen molar-refractivity contribution >= 4 is 0 Å². The molecular weight excluding hydrogens is 204 g/mol. The quantitative estimate of drug-likeness (QED) is 0.844. The number of hydrogen-bond acceptors (Lipinski definition) is 3. The molecule has 0 saturated carbocycles. The van der Waals surface area contributed by atoms with Crippen molar-refractivity contribution in [3.05, 3.63) is 47.8 Å². The van der Waals surface area contributed by atoms with E-state index in [2.05, 4.69) is 5.10 Å². The van der Waals surface area contributed by atoms with E-state index in [1.54, 1.807) is 13.3 Å². The summed E-state index contributed by atoms with van der Waals surface area (Å²) in [5.74, 6) is 0.813. The minimum atomic E-state index is 0.0378. The third-order valence-electron chi connectivity index (χ3n) is 2.42. The number of aliphatic hydroxyl groups excluding tert-OH is 1. The van der Waals surface area contributed by atoms with Crippen molar-refractivity contribution in [1.29, 1.82) is 0 Å². The molecule has 84 valence electrons. The summed E-state index contributed by atoms with van der Waals surface area (Å²) in [4.78, 5) is 0. The Bertz CT molecular complexity index is 452. The predicted molar refractivity (Wildman–Crippen MR) is 60.2 cm³/mol. The van der Waals surface area contributed by atoms with Crippen LogP contribution >= 0.6 is 0 Å². The van der Waals surface area contributed by atoms with E-state index in [4.69, 9.17) is 9.84 Å². The topological polar surface area (TPSA) is 47.3 Å². The number of nitrogens with zero attached hydrogens (tertiary/aromatic N) is 2. The fourth-order valence-electron chi connectivity index (χ4n) is 1.62. The number of rotatable bonds is 4. The first-order valence-corrected chi connectivity index (χ1v) is 5.07. The SMILES string of the molecule is COc1ccc(CO)cc1Cn1cccn1. The molecule has 1 heterocycles. The minimum absolute atomic E-state index is 0.0378. The van der Waals surface area contributed by atoms with Gasteiger partial charge in [0.1, 0.15) is 5.75 Å². The molecular formula is C12H14N2O2. The summed E-state index contributed by atoms with van der Waals surface area (Å²) in [6.07, 6.45) is 3.63. The smallest absolute Gasteiger partial charge is 0.123 e. The molecule has 0 unspecified atom stereocenters. The van der Waals surface area contributed by atoms with E-state index >= 15 is 0 Å². The average Bonchev–Trinajstić information content (AvgIpc) is 2.82. The van der Waals surface area contributed by atoms with Gasteiger partial charge in [0.25, 0.3) is 0 Å². The third kappa shape index (κ3) is 2.23. The van der Waals surface area contributed by atoms with Crippen LogP contribution in [0.3, 0.4) is 0 Å². The Morgan fingerprint density at radius 3 is 2.94 bits per heavy atom. The van der Waals surface area contributed by atoms with Gasteiger partial charge in [0, 0.05) is 18.0 Å². The van der Waals surface area contributed by atoms with Crippen LogP contribution in [0.4, 0.5) is 0 Å². The van der Waals surface area contributed by atoms with E-state index in [-0.39, 0.29) is 6.61 Å². The average molecular weight is 218 g/mol. The molecule has 1 N–H and O–H groups in total. The van der Waals surface area contributed by atoms with Crippen LogP contribution in [0.25, 0.3) is 0 Å². The fraction of sp³-hybridized carbons (Fsp3) is 0.250. The lowest BCUT2D eigenvalue weighted by molar-refractivity contribution is 0.281. The molecule has 4 heteroatoms. The van der Waals surface area contributed by atoms with Gasteiger partial charge in [-0.25, -0.2) is 0 Å². The van der Waals surface area contributed by atoms with Gasteiger partial charge in [0.2, 0.25) is 0 Å². The van der Waals surface area contributed by atoms with Crippen LogP contribution in [0, 0.1) is 0 Å². The summed E-state index contributed by atoms with van der Waals surface area (Å²) < 4.78 is 7.09. The van der Waals surface area contributed by atoms with E-state index in [0.717, 1.165) is 16.9 Å². The Balaban J connectivity index is 2.30. The number of ether oxygens (including phenoxy) is 1. The fourth-order valence-corrected chi connectivity index (χ4v) is 1.62. The molecule has 0 radical (unpaired) electrons. The molecule has 4 nitrogen and oxygen atoms in total. The van der Waals surface area contributed by atoms with Crippen LogP contribution in [-0.2, 0) is 13.2 Å². The van der Waals surface area contributed by atoms with Gasteiger partial charge in [0.15, 0.2) is 0 Å². The van der Waals surface area contributed by atoms with E-state index in [1.807, 2.05) is 35.1 Å². The summed E-state index contributed by atoms with van der Waals surface area (Å²) >= 11 is 0. The van der Waals surface area contributed by atoms with Gasteiger partial charge in [0.05, 0.1) is 20.3 Å². The Morgan fingerprint density at radius 2 is 2.31 bits per heavy atom. The highest BCUT2D eigenvalue weighted by atomic mass is 16.5. The first-order chi connectivity index (χ1) is 7.83. The van der Waals surface area contributed by atoms with E-state index in [9.17, 15) is 0 Å². The molecule has 0 spiro atoms. The number of aromatic nitrogens is 2. The molecule has 0 saturated heterocycles. The van der Waals surface area contributed by atoms with Crippen molar-refractivity contribution < 1.29 is 9.84 Å². The zero-order chi connectivity index (χ0) is 11.4. The molecule has 1 aromatic carbocycles. The predicted octanol–water partition coefficient (Wildman–Crippen LogP) is 1.43. The Morgan fingerprint density at radius 1 is 1.44 bits per heavy atom. The first-order valence-electron chi connectivity index (χ1n) is 5.07. The van der Waals surface area contributed by atoms with Crippen molar-refractivity contribution in [3.8, 4) is 5.75 Å². The number of methoxy groups -OCH3 is 1. The molecule has 0 aliphatic heterocycles. The van der Waals surface area contributed by atoms with E-state index in [0.29, 0.717) is 6.54 Å². The maximum absolute atomic E-state index is 9.09. The number of benzene rings is 1. The molecule has 0 amide bonds. The second kappa shape index (κ2) is 4.81. The molecule has 2 rings (SSSR count). The summed E-state index contributed by atoms with van der Waals surface area (Å²) in [5.41, 5.74) is 1.89.